The Bertz CT molecular complexity index is 1100. The van der Waals surface area contributed by atoms with Crippen molar-refractivity contribution in [2.75, 3.05) is 11.9 Å². The largest absolute Gasteiger partial charge is 0.450 e. The molecular weight excluding hydrogens is 372 g/mol. The van der Waals surface area contributed by atoms with E-state index >= 15 is 0 Å². The van der Waals surface area contributed by atoms with Crippen LogP contribution in [0.4, 0.5) is 10.5 Å². The van der Waals surface area contributed by atoms with Crippen LogP contribution in [0.5, 0.6) is 0 Å². The van der Waals surface area contributed by atoms with E-state index in [2.05, 4.69) is 16.5 Å². The van der Waals surface area contributed by atoms with Crippen LogP contribution in [0.2, 0.25) is 0 Å². The fraction of sp³-hybridized carbons (Fsp3) is 0.143. The molecule has 0 aliphatic carbocycles. The first kappa shape index (κ1) is 19.3. The Morgan fingerprint density at radius 1 is 1.25 bits per heavy atom. The predicted molar refractivity (Wildman–Crippen MR) is 109 cm³/mol. The number of anilines is 1. The van der Waals surface area contributed by atoms with Crippen LogP contribution in [-0.2, 0) is 11.2 Å². The van der Waals surface area contributed by atoms with Crippen LogP contribution in [0.25, 0.3) is 5.69 Å². The van der Waals surface area contributed by atoms with Gasteiger partial charge in [0.2, 0.25) is 0 Å². The molecule has 0 saturated carbocycles. The number of nitrogens with one attached hydrogen (secondary N) is 1. The van der Waals surface area contributed by atoms with Gasteiger partial charge in [0.25, 0.3) is 0 Å². The molecule has 1 N–H and O–H groups in total. The predicted octanol–water partition coefficient (Wildman–Crippen LogP) is 4.63. The van der Waals surface area contributed by atoms with E-state index in [0.29, 0.717) is 28.8 Å². The highest BCUT2D eigenvalue weighted by Crippen LogP contribution is 2.16. The summed E-state index contributed by atoms with van der Waals surface area (Å²) in [5.74, 6) is 0. The number of hydrogen-bond acceptors (Lipinski definition) is 5. The number of aromatic nitrogens is 2. The van der Waals surface area contributed by atoms with E-state index < -0.39 is 6.09 Å². The molecule has 0 atom stereocenters. The number of carbonyl (C=O) groups excluding carboxylic acids is 1. The monoisotopic (exact) mass is 390 g/mol. The molecule has 140 valence electrons. The molecule has 28 heavy (non-hydrogen) atoms. The number of rotatable bonds is 5. The first-order valence-corrected chi connectivity index (χ1v) is 9.12. The highest BCUT2D eigenvalue weighted by molar-refractivity contribution is 7.71. The molecule has 3 aromatic rings. The van der Waals surface area contributed by atoms with Gasteiger partial charge in [0.15, 0.2) is 0 Å². The molecule has 6 nitrogen and oxygen atoms in total. The molecule has 0 fully saturated rings. The summed E-state index contributed by atoms with van der Waals surface area (Å²) in [6.07, 6.45) is 1.80. The Morgan fingerprint density at radius 2 is 2.07 bits per heavy atom. The van der Waals surface area contributed by atoms with Gasteiger partial charge in [-0.25, -0.2) is 9.48 Å². The van der Waals surface area contributed by atoms with Crippen LogP contribution in [0.3, 0.4) is 0 Å². The van der Waals surface area contributed by atoms with Gasteiger partial charge in [-0.15, -0.1) is 0 Å². The van der Waals surface area contributed by atoms with Crippen LogP contribution < -0.4 is 5.32 Å². The maximum atomic E-state index is 11.6. The lowest BCUT2D eigenvalue weighted by molar-refractivity contribution is 0.168. The first-order valence-electron chi connectivity index (χ1n) is 8.71. The van der Waals surface area contributed by atoms with Crippen molar-refractivity contribution >= 4 is 24.0 Å². The van der Waals surface area contributed by atoms with E-state index in [9.17, 15) is 4.79 Å². The number of carbonyl (C=O) groups is 1. The van der Waals surface area contributed by atoms with Crippen molar-refractivity contribution in [1.82, 2.24) is 9.78 Å². The number of amides is 1. The third-order valence-electron chi connectivity index (χ3n) is 3.94. The Kier molecular flexibility index (Phi) is 6.14. The van der Waals surface area contributed by atoms with E-state index in [1.807, 2.05) is 36.4 Å². The fourth-order valence-electron chi connectivity index (χ4n) is 2.67. The van der Waals surface area contributed by atoms with Gasteiger partial charge in [0.1, 0.15) is 0 Å². The molecule has 0 aliphatic rings. The minimum Gasteiger partial charge on any atom is -0.450 e. The summed E-state index contributed by atoms with van der Waals surface area (Å²) < 4.78 is 7.25. The van der Waals surface area contributed by atoms with Crippen molar-refractivity contribution < 1.29 is 9.53 Å². The average molecular weight is 390 g/mol. The molecule has 2 aromatic carbocycles. The van der Waals surface area contributed by atoms with Gasteiger partial charge in [-0.05, 0) is 48.9 Å². The maximum Gasteiger partial charge on any atom is 0.411 e. The van der Waals surface area contributed by atoms with E-state index in [0.717, 1.165) is 16.9 Å². The van der Waals surface area contributed by atoms with Crippen LogP contribution in [-0.4, -0.2) is 22.5 Å². The molecule has 0 saturated heterocycles. The summed E-state index contributed by atoms with van der Waals surface area (Å²) in [4.78, 5) is 11.6. The lowest BCUT2D eigenvalue weighted by Gasteiger charge is -2.10. The summed E-state index contributed by atoms with van der Waals surface area (Å²) in [6, 6.07) is 18.6. The highest BCUT2D eigenvalue weighted by atomic mass is 32.1. The van der Waals surface area contributed by atoms with Crippen LogP contribution in [0.15, 0.2) is 60.8 Å². The number of hydrogen-bond donors (Lipinski definition) is 1. The van der Waals surface area contributed by atoms with Crippen LogP contribution in [0.1, 0.15) is 23.7 Å². The fourth-order valence-corrected chi connectivity index (χ4v) is 2.84. The lowest BCUT2D eigenvalue weighted by atomic mass is 10.1. The first-order chi connectivity index (χ1) is 13.6. The van der Waals surface area contributed by atoms with Crippen molar-refractivity contribution in [2.45, 2.75) is 13.3 Å². The molecular formula is C21H18N4O2S. The van der Waals surface area contributed by atoms with Crippen molar-refractivity contribution in [2.24, 2.45) is 0 Å². The molecule has 0 radical (unpaired) electrons. The van der Waals surface area contributed by atoms with Crippen molar-refractivity contribution in [3.05, 3.63) is 82.1 Å². The van der Waals surface area contributed by atoms with E-state index in [1.54, 1.807) is 36.0 Å². The third-order valence-corrected chi connectivity index (χ3v) is 4.31. The normalized spacial score (nSPS) is 10.1. The summed E-state index contributed by atoms with van der Waals surface area (Å²) in [5, 5.41) is 16.4. The van der Waals surface area contributed by atoms with Gasteiger partial charge in [0.05, 0.1) is 34.1 Å². The summed E-state index contributed by atoms with van der Waals surface area (Å²) in [5.41, 5.74) is 3.68. The van der Waals surface area contributed by atoms with Gasteiger partial charge in [-0.2, -0.15) is 10.4 Å². The molecule has 1 amide bonds. The van der Waals surface area contributed by atoms with E-state index in [-0.39, 0.29) is 0 Å². The highest BCUT2D eigenvalue weighted by Gasteiger charge is 2.07. The second-order valence-corrected chi connectivity index (χ2v) is 6.40. The number of ether oxygens (including phenoxy) is 1. The average Bonchev–Trinajstić information content (AvgIpc) is 2.70. The molecule has 0 spiro atoms. The zero-order valence-electron chi connectivity index (χ0n) is 15.3. The van der Waals surface area contributed by atoms with Crippen molar-refractivity contribution in [1.29, 1.82) is 5.26 Å². The SMILES string of the molecule is CCOC(=O)Nc1cccc(Cc2nn(-c3cccc(C#N)c3)ccc2=S)c1. The smallest absolute Gasteiger partial charge is 0.411 e. The maximum absolute atomic E-state index is 11.6. The molecule has 0 unspecified atom stereocenters. The Morgan fingerprint density at radius 3 is 2.86 bits per heavy atom. The van der Waals surface area contributed by atoms with Gasteiger partial charge >= 0.3 is 6.09 Å². The van der Waals surface area contributed by atoms with Gasteiger partial charge in [-0.3, -0.25) is 5.32 Å². The minimum absolute atomic E-state index is 0.311. The second-order valence-electron chi connectivity index (χ2n) is 5.96. The second kappa shape index (κ2) is 8.93. The lowest BCUT2D eigenvalue weighted by Crippen LogP contribution is -2.13. The summed E-state index contributed by atoms with van der Waals surface area (Å²) >= 11 is 5.43. The third kappa shape index (κ3) is 4.81. The van der Waals surface area contributed by atoms with Crippen molar-refractivity contribution in [3.8, 4) is 11.8 Å². The molecule has 0 bridgehead atoms. The molecule has 7 heteroatoms. The Balaban J connectivity index is 1.86. The zero-order chi connectivity index (χ0) is 19.9. The van der Waals surface area contributed by atoms with E-state index in [1.165, 1.54) is 0 Å². The topological polar surface area (TPSA) is 79.9 Å². The van der Waals surface area contributed by atoms with Crippen LogP contribution in [0, 0.1) is 15.8 Å². The number of nitrogens with zero attached hydrogens (tertiary/aromatic N) is 3. The summed E-state index contributed by atoms with van der Waals surface area (Å²) in [7, 11) is 0. The quantitative estimate of drug-likeness (QED) is 0.642. The Hall–Kier alpha value is -3.50. The zero-order valence-corrected chi connectivity index (χ0v) is 16.1. The van der Waals surface area contributed by atoms with Gasteiger partial charge in [-0.1, -0.05) is 30.4 Å². The minimum atomic E-state index is -0.489. The van der Waals surface area contributed by atoms with Gasteiger partial charge < -0.3 is 4.74 Å². The summed E-state index contributed by atoms with van der Waals surface area (Å²) in [6.45, 7) is 2.06. The Labute approximate surface area is 168 Å². The van der Waals surface area contributed by atoms with Crippen LogP contribution >= 0.6 is 12.2 Å². The number of nitriles is 1. The van der Waals surface area contributed by atoms with E-state index in [4.69, 9.17) is 22.2 Å². The van der Waals surface area contributed by atoms with Crippen molar-refractivity contribution in [3.63, 3.8) is 0 Å². The standard InChI is InChI=1S/C21H18N4O2S/c1-2-27-21(26)23-17-7-3-5-15(11-17)13-19-20(28)9-10-25(24-19)18-8-4-6-16(12-18)14-22/h3-12H,2,13H2,1H3,(H,23,26). The molecule has 3 rings (SSSR count). The van der Waals surface area contributed by atoms with Gasteiger partial charge in [0, 0.05) is 18.3 Å². The molecule has 0 aliphatic heterocycles. The molecule has 1 aromatic heterocycles. The molecule has 1 heterocycles. The number of benzene rings is 2.